The van der Waals surface area contributed by atoms with Crippen LogP contribution >= 0.6 is 22.6 Å². The molecule has 0 aromatic heterocycles. The van der Waals surface area contributed by atoms with Crippen molar-refractivity contribution in [2.75, 3.05) is 18.5 Å². The molecule has 0 aliphatic carbocycles. The second-order valence-electron chi connectivity index (χ2n) is 7.60. The van der Waals surface area contributed by atoms with Crippen molar-refractivity contribution in [1.82, 2.24) is 0 Å². The second kappa shape index (κ2) is 9.03. The average Bonchev–Trinajstić information content (AvgIpc) is 3.01. The van der Waals surface area contributed by atoms with E-state index in [-0.39, 0.29) is 41.3 Å². The number of carbonyl (C=O) groups is 1. The molecule has 0 radical (unpaired) electrons. The van der Waals surface area contributed by atoms with E-state index in [9.17, 15) is 13.6 Å². The minimum absolute atomic E-state index is 0.0202. The Kier molecular flexibility index (Phi) is 6.83. The molecular formula is C21H23F2IN2O4. The Labute approximate surface area is 187 Å². The molecule has 9 heteroatoms. The number of amides is 1. The fourth-order valence-corrected chi connectivity index (χ4v) is 3.56. The maximum absolute atomic E-state index is 14.3. The molecule has 30 heavy (non-hydrogen) atoms. The van der Waals surface area contributed by atoms with Gasteiger partial charge in [-0.25, -0.2) is 8.78 Å². The predicted molar refractivity (Wildman–Crippen MR) is 117 cm³/mol. The van der Waals surface area contributed by atoms with Gasteiger partial charge in [-0.1, -0.05) is 6.92 Å². The van der Waals surface area contributed by atoms with Gasteiger partial charge in [0.25, 0.3) is 5.91 Å². The molecule has 1 aliphatic rings. The number of halogens is 3. The minimum atomic E-state index is -0.826. The van der Waals surface area contributed by atoms with Crippen LogP contribution in [0.15, 0.2) is 30.3 Å². The van der Waals surface area contributed by atoms with Gasteiger partial charge < -0.3 is 25.3 Å². The van der Waals surface area contributed by atoms with E-state index in [1.54, 1.807) is 6.07 Å². The summed E-state index contributed by atoms with van der Waals surface area (Å²) in [6.45, 7) is 6.09. The lowest BCUT2D eigenvalue weighted by atomic mass is 10.1. The number of ether oxygens (including phenoxy) is 3. The summed E-state index contributed by atoms with van der Waals surface area (Å²) in [7, 11) is 0. The molecule has 1 heterocycles. The van der Waals surface area contributed by atoms with Crippen LogP contribution in [-0.4, -0.2) is 31.0 Å². The smallest absolute Gasteiger partial charge is 0.254 e. The highest BCUT2D eigenvalue weighted by Gasteiger charge is 2.36. The Morgan fingerprint density at radius 1 is 1.33 bits per heavy atom. The summed E-state index contributed by atoms with van der Waals surface area (Å²) < 4.78 is 46.3. The van der Waals surface area contributed by atoms with Crippen LogP contribution in [0, 0.1) is 21.1 Å². The third-order valence-electron chi connectivity index (χ3n) is 4.68. The van der Waals surface area contributed by atoms with Crippen LogP contribution in [0.3, 0.4) is 0 Å². The van der Waals surface area contributed by atoms with Crippen LogP contribution in [0.1, 0.15) is 31.1 Å². The van der Waals surface area contributed by atoms with Crippen molar-refractivity contribution in [3.8, 4) is 5.75 Å². The fraction of sp³-hybridized carbons (Fsp3) is 0.381. The van der Waals surface area contributed by atoms with Crippen LogP contribution < -0.4 is 15.8 Å². The van der Waals surface area contributed by atoms with Crippen LogP contribution in [0.4, 0.5) is 20.2 Å². The molecule has 1 saturated heterocycles. The van der Waals surface area contributed by atoms with Gasteiger partial charge in [0.2, 0.25) is 0 Å². The van der Waals surface area contributed by atoms with Crippen molar-refractivity contribution in [2.45, 2.75) is 32.7 Å². The highest BCUT2D eigenvalue weighted by molar-refractivity contribution is 14.1. The summed E-state index contributed by atoms with van der Waals surface area (Å²) >= 11 is 1.97. The zero-order chi connectivity index (χ0) is 22.1. The summed E-state index contributed by atoms with van der Waals surface area (Å²) in [6, 6.07) is 6.65. The van der Waals surface area contributed by atoms with Crippen molar-refractivity contribution in [1.29, 1.82) is 0 Å². The van der Waals surface area contributed by atoms with E-state index in [1.807, 2.05) is 43.4 Å². The molecular weight excluding hydrogens is 509 g/mol. The zero-order valence-corrected chi connectivity index (χ0v) is 19.0. The number of anilines is 2. The van der Waals surface area contributed by atoms with Gasteiger partial charge in [0.05, 0.1) is 30.7 Å². The molecule has 2 aromatic carbocycles. The van der Waals surface area contributed by atoms with E-state index in [0.29, 0.717) is 10.2 Å². The summed E-state index contributed by atoms with van der Waals surface area (Å²) in [6.07, 6.45) is -0.205. The summed E-state index contributed by atoms with van der Waals surface area (Å²) in [4.78, 5) is 12.1. The molecule has 1 aliphatic heterocycles. The maximum atomic E-state index is 14.3. The third kappa shape index (κ3) is 5.38. The Hall–Kier alpha value is -1.98. The lowest BCUT2D eigenvalue weighted by Gasteiger charge is -2.22. The Bertz CT molecular complexity index is 955. The molecule has 2 aromatic rings. The van der Waals surface area contributed by atoms with E-state index < -0.39 is 23.3 Å². The van der Waals surface area contributed by atoms with E-state index in [4.69, 9.17) is 19.9 Å². The van der Waals surface area contributed by atoms with Crippen LogP contribution in [0.25, 0.3) is 0 Å². The highest BCUT2D eigenvalue weighted by atomic mass is 127. The molecule has 1 fully saturated rings. The summed E-state index contributed by atoms with van der Waals surface area (Å²) in [5.74, 6) is -2.82. The lowest BCUT2D eigenvalue weighted by Crippen LogP contribution is -2.29. The van der Waals surface area contributed by atoms with Gasteiger partial charge in [0, 0.05) is 15.6 Å². The van der Waals surface area contributed by atoms with Gasteiger partial charge in [-0.05, 0) is 60.7 Å². The fourth-order valence-electron chi connectivity index (χ4n) is 3.11. The van der Waals surface area contributed by atoms with E-state index in [1.165, 1.54) is 12.1 Å². The summed E-state index contributed by atoms with van der Waals surface area (Å²) in [5.41, 5.74) is 5.56. The van der Waals surface area contributed by atoms with Crippen LogP contribution in [0.2, 0.25) is 0 Å². The van der Waals surface area contributed by atoms with Crippen molar-refractivity contribution in [2.24, 2.45) is 11.7 Å². The molecule has 0 bridgehead atoms. The van der Waals surface area contributed by atoms with Crippen molar-refractivity contribution in [3.05, 3.63) is 51.1 Å². The number of nitrogens with two attached hydrogens (primary N) is 1. The molecule has 0 spiro atoms. The van der Waals surface area contributed by atoms with Gasteiger partial charge in [-0.15, -0.1) is 0 Å². The molecule has 1 unspecified atom stereocenters. The third-order valence-corrected chi connectivity index (χ3v) is 5.35. The minimum Gasteiger partial charge on any atom is -0.492 e. The predicted octanol–water partition coefficient (Wildman–Crippen LogP) is 4.58. The molecule has 2 atom stereocenters. The SMILES string of the molecule is CC(COc1cc(F)cc(Nc2ccc(I)cc2F)c1C(N)=O)[C@H]1COC(C)(C)O1. The lowest BCUT2D eigenvalue weighted by molar-refractivity contribution is -0.144. The van der Waals surface area contributed by atoms with E-state index >= 15 is 0 Å². The first-order chi connectivity index (χ1) is 14.1. The topological polar surface area (TPSA) is 82.8 Å². The van der Waals surface area contributed by atoms with E-state index in [0.717, 1.165) is 12.1 Å². The molecule has 6 nitrogen and oxygen atoms in total. The number of nitrogens with one attached hydrogen (secondary N) is 1. The standard InChI is InChI=1S/C21H23F2IN2O4/c1-11(18-10-29-21(2,3)30-18)9-28-17-7-12(22)6-16(19(17)20(25)27)26-15-5-4-13(24)8-14(15)23/h4-8,11,18,26H,9-10H2,1-3H3,(H2,25,27)/t11?,18-/m1/s1. The van der Waals surface area contributed by atoms with Gasteiger partial charge in [0.15, 0.2) is 5.79 Å². The second-order valence-corrected chi connectivity index (χ2v) is 8.84. The van der Waals surface area contributed by atoms with Gasteiger partial charge in [0.1, 0.15) is 22.9 Å². The van der Waals surface area contributed by atoms with Gasteiger partial charge in [-0.3, -0.25) is 4.79 Å². The maximum Gasteiger partial charge on any atom is 0.254 e. The van der Waals surface area contributed by atoms with Crippen molar-refractivity contribution < 1.29 is 27.8 Å². The molecule has 3 rings (SSSR count). The number of hydrogen-bond acceptors (Lipinski definition) is 5. The Balaban J connectivity index is 1.83. The molecule has 162 valence electrons. The van der Waals surface area contributed by atoms with E-state index in [2.05, 4.69) is 5.32 Å². The van der Waals surface area contributed by atoms with Crippen molar-refractivity contribution in [3.63, 3.8) is 0 Å². The number of benzene rings is 2. The molecule has 1 amide bonds. The zero-order valence-electron chi connectivity index (χ0n) is 16.8. The Morgan fingerprint density at radius 3 is 2.67 bits per heavy atom. The van der Waals surface area contributed by atoms with Crippen molar-refractivity contribution >= 4 is 39.9 Å². The first kappa shape index (κ1) is 22.7. The van der Waals surface area contributed by atoms with Gasteiger partial charge >= 0.3 is 0 Å². The number of primary amides is 1. The van der Waals surface area contributed by atoms with Crippen LogP contribution in [0.5, 0.6) is 5.75 Å². The first-order valence-electron chi connectivity index (χ1n) is 9.36. The van der Waals surface area contributed by atoms with Crippen LogP contribution in [-0.2, 0) is 9.47 Å². The first-order valence-corrected chi connectivity index (χ1v) is 10.4. The number of rotatable bonds is 7. The molecule has 0 saturated carbocycles. The highest BCUT2D eigenvalue weighted by Crippen LogP contribution is 2.33. The number of hydrogen-bond donors (Lipinski definition) is 2. The Morgan fingerprint density at radius 2 is 2.07 bits per heavy atom. The molecule has 3 N–H and O–H groups in total. The number of carbonyl (C=O) groups excluding carboxylic acids is 1. The summed E-state index contributed by atoms with van der Waals surface area (Å²) in [5, 5.41) is 2.74. The average molecular weight is 532 g/mol. The largest absolute Gasteiger partial charge is 0.492 e. The normalized spacial score (nSPS) is 18.8. The monoisotopic (exact) mass is 532 g/mol. The quantitative estimate of drug-likeness (QED) is 0.511. The van der Waals surface area contributed by atoms with Gasteiger partial charge in [-0.2, -0.15) is 0 Å².